The zero-order valence-electron chi connectivity index (χ0n) is 14.0. The minimum atomic E-state index is 0. The van der Waals surface area contributed by atoms with Crippen LogP contribution >= 0.6 is 35.6 Å². The highest BCUT2D eigenvalue weighted by Crippen LogP contribution is 2.15. The number of hydrogen-bond acceptors (Lipinski definition) is 2. The molecule has 0 saturated carbocycles. The SMILES string of the molecule is CN=C(NCCc1ccccc1Cl)NCC1CCCN(C)C1.I. The van der Waals surface area contributed by atoms with Crippen LogP contribution in [0, 0.1) is 5.92 Å². The Kier molecular flexibility index (Phi) is 9.90. The van der Waals surface area contributed by atoms with Gasteiger partial charge in [-0.05, 0) is 50.4 Å². The van der Waals surface area contributed by atoms with E-state index in [1.807, 2.05) is 25.2 Å². The minimum Gasteiger partial charge on any atom is -0.356 e. The predicted molar refractivity (Wildman–Crippen MR) is 110 cm³/mol. The maximum atomic E-state index is 6.17. The Bertz CT molecular complexity index is 495. The number of piperidine rings is 1. The Balaban J connectivity index is 0.00000264. The Morgan fingerprint density at radius 2 is 2.13 bits per heavy atom. The zero-order chi connectivity index (χ0) is 15.8. The first-order valence-corrected chi connectivity index (χ1v) is 8.43. The van der Waals surface area contributed by atoms with Gasteiger partial charge in [0.05, 0.1) is 0 Å². The highest BCUT2D eigenvalue weighted by molar-refractivity contribution is 14.0. The van der Waals surface area contributed by atoms with Gasteiger partial charge in [-0.2, -0.15) is 0 Å². The smallest absolute Gasteiger partial charge is 0.190 e. The molecule has 0 spiro atoms. The maximum absolute atomic E-state index is 6.17. The van der Waals surface area contributed by atoms with Crippen LogP contribution in [0.25, 0.3) is 0 Å². The summed E-state index contributed by atoms with van der Waals surface area (Å²) in [6.07, 6.45) is 3.49. The molecule has 1 saturated heterocycles. The highest BCUT2D eigenvalue weighted by Gasteiger charge is 2.17. The van der Waals surface area contributed by atoms with E-state index < -0.39 is 0 Å². The second-order valence-electron chi connectivity index (χ2n) is 5.99. The van der Waals surface area contributed by atoms with Crippen LogP contribution in [0.5, 0.6) is 0 Å². The van der Waals surface area contributed by atoms with Crippen molar-refractivity contribution in [2.45, 2.75) is 19.3 Å². The molecule has 2 rings (SSSR count). The normalized spacial score (nSPS) is 19.1. The number of guanidine groups is 1. The molecule has 2 N–H and O–H groups in total. The number of nitrogens with one attached hydrogen (secondary N) is 2. The van der Waals surface area contributed by atoms with Gasteiger partial charge >= 0.3 is 0 Å². The third-order valence-corrected chi connectivity index (χ3v) is 4.52. The van der Waals surface area contributed by atoms with Crippen LogP contribution in [0.2, 0.25) is 5.02 Å². The van der Waals surface area contributed by atoms with E-state index in [1.54, 1.807) is 0 Å². The standard InChI is InChI=1S/C17H27ClN4.HI/c1-19-17(21-12-14-6-5-11-22(2)13-14)20-10-9-15-7-3-4-8-16(15)18;/h3-4,7-8,14H,5-6,9-13H2,1-2H3,(H2,19,20,21);1H. The summed E-state index contributed by atoms with van der Waals surface area (Å²) in [5.74, 6) is 1.58. The molecule has 23 heavy (non-hydrogen) atoms. The lowest BCUT2D eigenvalue weighted by molar-refractivity contribution is 0.210. The molecule has 130 valence electrons. The molecular formula is C17H28ClIN4. The molecule has 1 unspecified atom stereocenters. The molecule has 6 heteroatoms. The minimum absolute atomic E-state index is 0. The summed E-state index contributed by atoms with van der Waals surface area (Å²) in [4.78, 5) is 6.70. The zero-order valence-corrected chi connectivity index (χ0v) is 17.1. The van der Waals surface area contributed by atoms with E-state index in [9.17, 15) is 0 Å². The summed E-state index contributed by atoms with van der Waals surface area (Å²) < 4.78 is 0. The summed E-state index contributed by atoms with van der Waals surface area (Å²) in [7, 11) is 4.01. The summed E-state index contributed by atoms with van der Waals surface area (Å²) >= 11 is 6.17. The van der Waals surface area contributed by atoms with Gasteiger partial charge in [0.25, 0.3) is 0 Å². The van der Waals surface area contributed by atoms with Crippen LogP contribution in [-0.4, -0.2) is 51.1 Å². The van der Waals surface area contributed by atoms with Crippen molar-refractivity contribution in [3.8, 4) is 0 Å². The van der Waals surface area contributed by atoms with Crippen molar-refractivity contribution in [3.05, 3.63) is 34.9 Å². The van der Waals surface area contributed by atoms with Gasteiger partial charge in [-0.3, -0.25) is 4.99 Å². The van der Waals surface area contributed by atoms with Crippen LogP contribution in [0.15, 0.2) is 29.3 Å². The van der Waals surface area contributed by atoms with Crippen molar-refractivity contribution in [3.63, 3.8) is 0 Å². The van der Waals surface area contributed by atoms with Crippen LogP contribution < -0.4 is 10.6 Å². The maximum Gasteiger partial charge on any atom is 0.190 e. The molecule has 1 atom stereocenters. The lowest BCUT2D eigenvalue weighted by atomic mass is 9.99. The summed E-state index contributed by atoms with van der Waals surface area (Å²) in [5.41, 5.74) is 1.17. The fourth-order valence-electron chi connectivity index (χ4n) is 2.92. The van der Waals surface area contributed by atoms with E-state index in [-0.39, 0.29) is 24.0 Å². The number of hydrogen-bond donors (Lipinski definition) is 2. The average molecular weight is 451 g/mol. The Hall–Kier alpha value is -0.530. The molecule has 0 aliphatic carbocycles. The topological polar surface area (TPSA) is 39.7 Å². The largest absolute Gasteiger partial charge is 0.356 e. The van der Waals surface area contributed by atoms with Crippen molar-refractivity contribution in [2.24, 2.45) is 10.9 Å². The van der Waals surface area contributed by atoms with Crippen molar-refractivity contribution in [1.82, 2.24) is 15.5 Å². The third kappa shape index (κ3) is 7.27. The summed E-state index contributed by atoms with van der Waals surface area (Å²) in [6, 6.07) is 7.98. The van der Waals surface area contributed by atoms with Gasteiger partial charge in [-0.1, -0.05) is 29.8 Å². The number of benzene rings is 1. The molecule has 1 heterocycles. The lowest BCUT2D eigenvalue weighted by Crippen LogP contribution is -2.44. The number of aliphatic imine (C=N–C) groups is 1. The molecule has 0 aromatic heterocycles. The average Bonchev–Trinajstić information content (AvgIpc) is 2.52. The van der Waals surface area contributed by atoms with Crippen molar-refractivity contribution < 1.29 is 0 Å². The number of likely N-dealkylation sites (tertiary alicyclic amines) is 1. The lowest BCUT2D eigenvalue weighted by Gasteiger charge is -2.30. The van der Waals surface area contributed by atoms with Gasteiger partial charge < -0.3 is 15.5 Å². The second-order valence-corrected chi connectivity index (χ2v) is 6.40. The van der Waals surface area contributed by atoms with E-state index in [1.165, 1.54) is 31.5 Å². The van der Waals surface area contributed by atoms with E-state index in [0.29, 0.717) is 5.92 Å². The van der Waals surface area contributed by atoms with E-state index in [2.05, 4.69) is 33.6 Å². The van der Waals surface area contributed by atoms with Gasteiger partial charge in [-0.25, -0.2) is 0 Å². The molecule has 1 aliphatic heterocycles. The molecule has 0 radical (unpaired) electrons. The molecule has 1 fully saturated rings. The van der Waals surface area contributed by atoms with E-state index >= 15 is 0 Å². The van der Waals surface area contributed by atoms with E-state index in [4.69, 9.17) is 11.6 Å². The van der Waals surface area contributed by atoms with Gasteiger partial charge in [0.1, 0.15) is 0 Å². The molecule has 4 nitrogen and oxygen atoms in total. The first-order valence-electron chi connectivity index (χ1n) is 8.05. The van der Waals surface area contributed by atoms with Gasteiger partial charge in [0.15, 0.2) is 5.96 Å². The molecule has 0 amide bonds. The molecule has 1 aromatic carbocycles. The van der Waals surface area contributed by atoms with Gasteiger partial charge in [-0.15, -0.1) is 24.0 Å². The number of rotatable bonds is 5. The quantitative estimate of drug-likeness (QED) is 0.412. The Morgan fingerprint density at radius 1 is 1.35 bits per heavy atom. The van der Waals surface area contributed by atoms with Crippen LogP contribution in [0.1, 0.15) is 18.4 Å². The fourth-order valence-corrected chi connectivity index (χ4v) is 3.15. The second kappa shape index (κ2) is 11.1. The molecule has 1 aromatic rings. The Labute approximate surface area is 162 Å². The predicted octanol–water partition coefficient (Wildman–Crippen LogP) is 3.01. The Morgan fingerprint density at radius 3 is 2.83 bits per heavy atom. The number of halogens is 2. The van der Waals surface area contributed by atoms with Crippen LogP contribution in [-0.2, 0) is 6.42 Å². The molecule has 0 bridgehead atoms. The van der Waals surface area contributed by atoms with Gasteiger partial charge in [0, 0.05) is 31.7 Å². The highest BCUT2D eigenvalue weighted by atomic mass is 127. The fraction of sp³-hybridized carbons (Fsp3) is 0.588. The summed E-state index contributed by atoms with van der Waals surface area (Å²) in [5, 5.41) is 7.63. The third-order valence-electron chi connectivity index (χ3n) is 4.15. The monoisotopic (exact) mass is 450 g/mol. The van der Waals surface area contributed by atoms with Crippen molar-refractivity contribution in [2.75, 3.05) is 40.3 Å². The first kappa shape index (κ1) is 20.5. The van der Waals surface area contributed by atoms with Crippen LogP contribution in [0.4, 0.5) is 0 Å². The summed E-state index contributed by atoms with van der Waals surface area (Å²) in [6.45, 7) is 4.20. The van der Waals surface area contributed by atoms with Crippen LogP contribution in [0.3, 0.4) is 0 Å². The van der Waals surface area contributed by atoms with Gasteiger partial charge in [0.2, 0.25) is 0 Å². The van der Waals surface area contributed by atoms with Crippen molar-refractivity contribution >= 4 is 41.5 Å². The molecular weight excluding hydrogens is 423 g/mol. The van der Waals surface area contributed by atoms with Crippen molar-refractivity contribution in [1.29, 1.82) is 0 Å². The first-order chi connectivity index (χ1) is 10.7. The number of nitrogens with zero attached hydrogens (tertiary/aromatic N) is 2. The molecule has 1 aliphatic rings. The van der Waals surface area contributed by atoms with E-state index in [0.717, 1.165) is 30.5 Å².